The molecule has 31 heavy (non-hydrogen) atoms. The van der Waals surface area contributed by atoms with Crippen LogP contribution >= 0.6 is 0 Å². The highest BCUT2D eigenvalue weighted by Gasteiger charge is 2.37. The number of hydrogen-bond donors (Lipinski definition) is 1. The van der Waals surface area contributed by atoms with E-state index in [0.717, 1.165) is 22.1 Å². The summed E-state index contributed by atoms with van der Waals surface area (Å²) in [5, 5.41) is 3.57. The first-order valence-corrected chi connectivity index (χ1v) is 11.3. The highest BCUT2D eigenvalue weighted by molar-refractivity contribution is 7.89. The summed E-state index contributed by atoms with van der Waals surface area (Å²) in [5.41, 5.74) is 3.37. The van der Waals surface area contributed by atoms with Crippen molar-refractivity contribution in [3.63, 3.8) is 0 Å². The van der Waals surface area contributed by atoms with Crippen LogP contribution in [0.5, 0.6) is 0 Å². The van der Waals surface area contributed by atoms with E-state index in [0.29, 0.717) is 25.2 Å². The number of carbonyl (C=O) groups excluding carboxylic acids is 1. The molecule has 0 aliphatic carbocycles. The molecule has 0 spiro atoms. The molecule has 3 aromatic rings. The van der Waals surface area contributed by atoms with Crippen LogP contribution in [0.2, 0.25) is 0 Å². The van der Waals surface area contributed by atoms with Crippen LogP contribution in [0.3, 0.4) is 0 Å². The molecular weight excluding hydrogens is 421 g/mol. The van der Waals surface area contributed by atoms with E-state index in [-0.39, 0.29) is 31.3 Å². The number of fused-ring (bicyclic) bond motifs is 1. The Morgan fingerprint density at radius 2 is 1.74 bits per heavy atom. The maximum atomic E-state index is 13.1. The molecule has 0 saturated heterocycles. The minimum Gasteiger partial charge on any atom is -0.464 e. The van der Waals surface area contributed by atoms with E-state index in [1.54, 1.807) is 41.3 Å². The van der Waals surface area contributed by atoms with Crippen molar-refractivity contribution >= 4 is 27.0 Å². The lowest BCUT2D eigenvalue weighted by Crippen LogP contribution is -2.41. The van der Waals surface area contributed by atoms with E-state index in [2.05, 4.69) is 5.32 Å². The summed E-state index contributed by atoms with van der Waals surface area (Å²) < 4.78 is 45.9. The van der Waals surface area contributed by atoms with Crippen molar-refractivity contribution in [1.29, 1.82) is 0 Å². The zero-order valence-corrected chi connectivity index (χ0v) is 17.4. The molecule has 2 amide bonds. The number of halogens is 1. The fourth-order valence-electron chi connectivity index (χ4n) is 4.01. The number of nitrogens with zero attached hydrogens (tertiary/aromatic N) is 2. The lowest BCUT2D eigenvalue weighted by molar-refractivity contribution is 0.208. The Hall–Kier alpha value is -3.17. The summed E-state index contributed by atoms with van der Waals surface area (Å²) in [7, 11) is -3.64. The van der Waals surface area contributed by atoms with Gasteiger partial charge in [-0.25, -0.2) is 17.6 Å². The number of nitrogens with one attached hydrogen (secondary N) is 1. The van der Waals surface area contributed by atoms with Gasteiger partial charge in [-0.05, 0) is 53.1 Å². The van der Waals surface area contributed by atoms with Gasteiger partial charge < -0.3 is 14.6 Å². The fourth-order valence-corrected chi connectivity index (χ4v) is 5.47. The number of carbonyl (C=O) groups is 1. The maximum absolute atomic E-state index is 13.1. The molecule has 0 saturated carbocycles. The summed E-state index contributed by atoms with van der Waals surface area (Å²) in [6.07, 6.45) is 1.53. The van der Waals surface area contributed by atoms with Crippen LogP contribution in [0.1, 0.15) is 6.99 Å². The van der Waals surface area contributed by atoms with Crippen LogP contribution in [-0.2, 0) is 16.6 Å². The summed E-state index contributed by atoms with van der Waals surface area (Å²) in [6, 6.07) is 12.3. The zero-order chi connectivity index (χ0) is 21.6. The van der Waals surface area contributed by atoms with Crippen LogP contribution in [0.4, 0.5) is 9.18 Å². The third-order valence-corrected chi connectivity index (χ3v) is 7.49. The number of benzene rings is 2. The number of furan rings is 1. The second-order valence-electron chi connectivity index (χ2n) is 7.74. The monoisotopic (exact) mass is 443 g/mol. The van der Waals surface area contributed by atoms with E-state index < -0.39 is 10.0 Å². The smallest absolute Gasteiger partial charge is 0.318 e. The van der Waals surface area contributed by atoms with Gasteiger partial charge in [-0.15, -0.1) is 0 Å². The van der Waals surface area contributed by atoms with Gasteiger partial charge in [0.25, 0.3) is 0 Å². The molecule has 1 aromatic heterocycles. The van der Waals surface area contributed by atoms with Gasteiger partial charge in [-0.1, -0.05) is 12.1 Å². The molecule has 2 aliphatic heterocycles. The van der Waals surface area contributed by atoms with Crippen LogP contribution in [0.15, 0.2) is 75.3 Å². The molecule has 9 heteroatoms. The molecular formula is C22H22FN3O4S. The van der Waals surface area contributed by atoms with Gasteiger partial charge in [-0.3, -0.25) is 0 Å². The summed E-state index contributed by atoms with van der Waals surface area (Å²) in [4.78, 5) is 14.4. The Kier molecular flexibility index (Phi) is 4.79. The number of urea groups is 1. The Balaban J connectivity index is 0.00000245. The molecule has 0 atom stereocenters. The van der Waals surface area contributed by atoms with E-state index in [1.165, 1.54) is 22.7 Å². The maximum Gasteiger partial charge on any atom is 0.318 e. The second-order valence-corrected chi connectivity index (χ2v) is 9.68. The van der Waals surface area contributed by atoms with Crippen LogP contribution in [0, 0.1) is 5.82 Å². The normalized spacial score (nSPS) is 16.9. The van der Waals surface area contributed by atoms with E-state index >= 15 is 0 Å². The Morgan fingerprint density at radius 1 is 1.03 bits per heavy atom. The minimum atomic E-state index is -3.64. The topological polar surface area (TPSA) is 82.9 Å². The van der Waals surface area contributed by atoms with E-state index in [1.807, 2.05) is 0 Å². The van der Waals surface area contributed by atoms with Crippen molar-refractivity contribution in [3.8, 4) is 0 Å². The highest BCUT2D eigenvalue weighted by atomic mass is 32.2. The van der Waals surface area contributed by atoms with Crippen molar-refractivity contribution in [2.24, 2.45) is 0 Å². The van der Waals surface area contributed by atoms with Crippen molar-refractivity contribution in [2.45, 2.75) is 11.4 Å². The third-order valence-electron chi connectivity index (χ3n) is 5.70. The van der Waals surface area contributed by atoms with Gasteiger partial charge in [0.05, 0.1) is 11.2 Å². The van der Waals surface area contributed by atoms with Crippen molar-refractivity contribution in [3.05, 3.63) is 77.3 Å². The average Bonchev–Trinajstić information content (AvgIpc) is 3.47. The predicted molar refractivity (Wildman–Crippen MR) is 114 cm³/mol. The predicted octanol–water partition coefficient (Wildman–Crippen LogP) is 3.34. The van der Waals surface area contributed by atoms with Gasteiger partial charge in [0.15, 0.2) is 0 Å². The van der Waals surface area contributed by atoms with Crippen LogP contribution in [-0.4, -0.2) is 49.8 Å². The van der Waals surface area contributed by atoms with Gasteiger partial charge in [-0.2, -0.15) is 4.31 Å². The third kappa shape index (κ3) is 3.70. The number of amides is 2. The molecule has 2 aliphatic rings. The Labute approximate surface area is 180 Å². The molecule has 1 N–H and O–H groups in total. The first kappa shape index (κ1) is 19.8. The average molecular weight is 444 g/mol. The Morgan fingerprint density at radius 3 is 2.45 bits per heavy atom. The van der Waals surface area contributed by atoms with Crippen molar-refractivity contribution in [2.75, 3.05) is 26.2 Å². The summed E-state index contributed by atoms with van der Waals surface area (Å²) in [6.45, 7) is 1.66. The van der Waals surface area contributed by atoms with Crippen LogP contribution in [0.25, 0.3) is 11.0 Å². The van der Waals surface area contributed by atoms with Crippen molar-refractivity contribution < 1.29 is 23.4 Å². The molecule has 2 aromatic carbocycles. The van der Waals surface area contributed by atoms with Gasteiger partial charge in [0, 0.05) is 39.5 Å². The van der Waals surface area contributed by atoms with Crippen LogP contribution < -0.4 is 5.32 Å². The first-order chi connectivity index (χ1) is 14.9. The second kappa shape index (κ2) is 7.51. The SMILES string of the molecule is O=C(NCc1ccc(F)cc1)N1CC2=C(C1)CN(S(=O)(=O)c1ccc3occc3c1)C2.[HH]. The lowest BCUT2D eigenvalue weighted by atomic mass is 10.2. The molecule has 5 rings (SSSR count). The van der Waals surface area contributed by atoms with Gasteiger partial charge >= 0.3 is 6.03 Å². The van der Waals surface area contributed by atoms with Crippen molar-refractivity contribution in [1.82, 2.24) is 14.5 Å². The summed E-state index contributed by atoms with van der Waals surface area (Å²) in [5.74, 6) is -0.320. The van der Waals surface area contributed by atoms with E-state index in [4.69, 9.17) is 4.42 Å². The van der Waals surface area contributed by atoms with Gasteiger partial charge in [0.1, 0.15) is 11.4 Å². The largest absolute Gasteiger partial charge is 0.464 e. The molecule has 162 valence electrons. The summed E-state index contributed by atoms with van der Waals surface area (Å²) >= 11 is 0. The highest BCUT2D eigenvalue weighted by Crippen LogP contribution is 2.31. The standard InChI is InChI=1S/C22H20FN3O4S.H2/c23-19-3-1-15(2-4-19)10-24-22(27)25-11-17-13-26(14-18(17)12-25)31(28,29)20-5-6-21-16(9-20)7-8-30-21;/h1-9H,10-14H2,(H,24,27);1H. The Bertz CT molecular complexity index is 1290. The molecule has 0 radical (unpaired) electrons. The number of hydrogen-bond acceptors (Lipinski definition) is 4. The van der Waals surface area contributed by atoms with Gasteiger partial charge in [0.2, 0.25) is 10.0 Å². The quantitative estimate of drug-likeness (QED) is 0.627. The first-order valence-electron chi connectivity index (χ1n) is 9.84. The number of sulfonamides is 1. The molecule has 0 unspecified atom stereocenters. The fraction of sp³-hybridized carbons (Fsp3) is 0.227. The molecule has 3 heterocycles. The molecule has 0 fully saturated rings. The minimum absolute atomic E-state index is 0. The lowest BCUT2D eigenvalue weighted by Gasteiger charge is -2.23. The molecule has 7 nitrogen and oxygen atoms in total. The zero-order valence-electron chi connectivity index (χ0n) is 16.5. The number of rotatable bonds is 4. The molecule has 0 bridgehead atoms. The van der Waals surface area contributed by atoms with E-state index in [9.17, 15) is 17.6 Å².